The van der Waals surface area contributed by atoms with Crippen LogP contribution in [0.1, 0.15) is 30.5 Å². The summed E-state index contributed by atoms with van der Waals surface area (Å²) in [4.78, 5) is 12.9. The molecule has 1 aliphatic heterocycles. The highest BCUT2D eigenvalue weighted by Crippen LogP contribution is 2.38. The lowest BCUT2D eigenvalue weighted by Crippen LogP contribution is -2.41. The minimum absolute atomic E-state index is 0.0279. The molecule has 0 saturated carbocycles. The van der Waals surface area contributed by atoms with Gasteiger partial charge in [-0.3, -0.25) is 9.69 Å². The second kappa shape index (κ2) is 5.09. The smallest absolute Gasteiger partial charge is 0.416 e. The van der Waals surface area contributed by atoms with Gasteiger partial charge in [-0.2, -0.15) is 13.2 Å². The Morgan fingerprint density at radius 1 is 1.30 bits per heavy atom. The van der Waals surface area contributed by atoms with Crippen LogP contribution in [0.15, 0.2) is 18.2 Å². The minimum atomic E-state index is -4.40. The van der Waals surface area contributed by atoms with Gasteiger partial charge in [-0.15, -0.1) is 0 Å². The van der Waals surface area contributed by atoms with E-state index in [-0.39, 0.29) is 24.6 Å². The van der Waals surface area contributed by atoms with Crippen LogP contribution in [0.2, 0.25) is 0 Å². The molecule has 1 heterocycles. The van der Waals surface area contributed by atoms with Crippen molar-refractivity contribution in [3.8, 4) is 0 Å². The first-order chi connectivity index (χ1) is 9.21. The topological polar surface area (TPSA) is 40.5 Å². The monoisotopic (exact) mass is 287 g/mol. The summed E-state index contributed by atoms with van der Waals surface area (Å²) >= 11 is 0. The molecule has 1 N–H and O–H groups in total. The summed E-state index contributed by atoms with van der Waals surface area (Å²) in [5, 5.41) is 9.25. The highest BCUT2D eigenvalue weighted by atomic mass is 19.4. The Bertz CT molecular complexity index is 526. The van der Waals surface area contributed by atoms with E-state index in [0.29, 0.717) is 5.56 Å². The maximum atomic E-state index is 13.0. The molecular weight excluding hydrogens is 271 g/mol. The number of nitrogens with zero attached hydrogens (tertiary/aromatic N) is 1. The van der Waals surface area contributed by atoms with E-state index in [2.05, 4.69) is 0 Å². The Morgan fingerprint density at radius 2 is 1.95 bits per heavy atom. The van der Waals surface area contributed by atoms with Crippen molar-refractivity contribution in [2.45, 2.75) is 39.2 Å². The Hall–Kier alpha value is -1.56. The number of carboxylic acid groups (broad SMARTS) is 1. The fraction of sp³-hybridized carbons (Fsp3) is 0.500. The molecule has 1 atom stereocenters. The van der Waals surface area contributed by atoms with Gasteiger partial charge in [0.1, 0.15) is 6.04 Å². The quantitative estimate of drug-likeness (QED) is 0.928. The Labute approximate surface area is 115 Å². The van der Waals surface area contributed by atoms with Gasteiger partial charge in [-0.1, -0.05) is 26.0 Å². The number of benzene rings is 1. The lowest BCUT2D eigenvalue weighted by Gasteiger charge is -2.26. The first kappa shape index (κ1) is 14.8. The Kier molecular flexibility index (Phi) is 3.77. The lowest BCUT2D eigenvalue weighted by molar-refractivity contribution is -0.145. The zero-order chi connectivity index (χ0) is 15.1. The highest BCUT2D eigenvalue weighted by Gasteiger charge is 2.39. The van der Waals surface area contributed by atoms with Gasteiger partial charge in [0.05, 0.1) is 5.56 Å². The SMILES string of the molecule is CC(C)C(C(=O)O)N1Cc2cccc(C(F)(F)F)c2C1. The number of aliphatic carboxylic acids is 1. The van der Waals surface area contributed by atoms with Crippen LogP contribution in [0, 0.1) is 5.92 Å². The van der Waals surface area contributed by atoms with E-state index in [1.165, 1.54) is 6.07 Å². The summed E-state index contributed by atoms with van der Waals surface area (Å²) in [6.07, 6.45) is -4.40. The van der Waals surface area contributed by atoms with Crippen molar-refractivity contribution >= 4 is 5.97 Å². The molecule has 1 unspecified atom stereocenters. The third-order valence-corrected chi connectivity index (χ3v) is 3.59. The molecule has 1 aromatic carbocycles. The average molecular weight is 287 g/mol. The molecule has 20 heavy (non-hydrogen) atoms. The van der Waals surface area contributed by atoms with Crippen LogP contribution in [0.5, 0.6) is 0 Å². The number of fused-ring (bicyclic) bond motifs is 1. The van der Waals surface area contributed by atoms with Gasteiger partial charge in [0.25, 0.3) is 0 Å². The molecule has 1 aliphatic rings. The molecule has 3 nitrogen and oxygen atoms in total. The van der Waals surface area contributed by atoms with Crippen LogP contribution in [0.3, 0.4) is 0 Å². The van der Waals surface area contributed by atoms with Crippen LogP contribution in [0.4, 0.5) is 13.2 Å². The van der Waals surface area contributed by atoms with Crippen LogP contribution in [-0.4, -0.2) is 22.0 Å². The molecule has 0 radical (unpaired) electrons. The van der Waals surface area contributed by atoms with Crippen molar-refractivity contribution in [1.82, 2.24) is 4.90 Å². The number of halogens is 3. The van der Waals surface area contributed by atoms with Crippen LogP contribution >= 0.6 is 0 Å². The van der Waals surface area contributed by atoms with E-state index in [9.17, 15) is 23.1 Å². The lowest BCUT2D eigenvalue weighted by atomic mass is 10.0. The molecule has 0 aliphatic carbocycles. The number of carbonyl (C=O) groups is 1. The number of hydrogen-bond donors (Lipinski definition) is 1. The molecule has 1 aromatic rings. The van der Waals surface area contributed by atoms with Gasteiger partial charge in [0, 0.05) is 13.1 Å². The van der Waals surface area contributed by atoms with Crippen molar-refractivity contribution in [1.29, 1.82) is 0 Å². The Balaban J connectivity index is 2.34. The standard InChI is InChI=1S/C14H16F3NO2/c1-8(2)12(13(19)20)18-6-9-4-3-5-11(10(9)7-18)14(15,16)17/h3-5,8,12H,6-7H2,1-2H3,(H,19,20). The van der Waals surface area contributed by atoms with Crippen molar-refractivity contribution in [3.63, 3.8) is 0 Å². The predicted octanol–water partition coefficient (Wildman–Crippen LogP) is 3.13. The fourth-order valence-electron chi connectivity index (χ4n) is 2.77. The third-order valence-electron chi connectivity index (χ3n) is 3.59. The van der Waals surface area contributed by atoms with E-state index >= 15 is 0 Å². The van der Waals surface area contributed by atoms with Gasteiger partial charge in [0.2, 0.25) is 0 Å². The van der Waals surface area contributed by atoms with Crippen LogP contribution in [-0.2, 0) is 24.1 Å². The summed E-state index contributed by atoms with van der Waals surface area (Å²) < 4.78 is 38.9. The molecule has 0 fully saturated rings. The summed E-state index contributed by atoms with van der Waals surface area (Å²) in [7, 11) is 0. The van der Waals surface area contributed by atoms with E-state index in [4.69, 9.17) is 0 Å². The van der Waals surface area contributed by atoms with Crippen LogP contribution < -0.4 is 0 Å². The molecule has 6 heteroatoms. The average Bonchev–Trinajstić information content (AvgIpc) is 2.68. The van der Waals surface area contributed by atoms with Gasteiger partial charge >= 0.3 is 12.1 Å². The molecule has 0 saturated heterocycles. The molecule has 0 spiro atoms. The highest BCUT2D eigenvalue weighted by molar-refractivity contribution is 5.74. The maximum Gasteiger partial charge on any atom is 0.416 e. The first-order valence-electron chi connectivity index (χ1n) is 6.36. The van der Waals surface area contributed by atoms with Crippen molar-refractivity contribution in [3.05, 3.63) is 34.9 Å². The number of alkyl halides is 3. The van der Waals surface area contributed by atoms with Crippen molar-refractivity contribution < 1.29 is 23.1 Å². The molecule has 2 rings (SSSR count). The fourth-order valence-corrected chi connectivity index (χ4v) is 2.77. The van der Waals surface area contributed by atoms with E-state index in [0.717, 1.165) is 6.07 Å². The summed E-state index contributed by atoms with van der Waals surface area (Å²) in [6.45, 7) is 3.79. The predicted molar refractivity (Wildman–Crippen MR) is 67.0 cm³/mol. The summed E-state index contributed by atoms with van der Waals surface area (Å²) in [6, 6.07) is 3.27. The van der Waals surface area contributed by atoms with Gasteiger partial charge in [-0.05, 0) is 23.1 Å². The van der Waals surface area contributed by atoms with Gasteiger partial charge in [-0.25, -0.2) is 0 Å². The molecule has 0 aromatic heterocycles. The van der Waals surface area contributed by atoms with Crippen LogP contribution in [0.25, 0.3) is 0 Å². The minimum Gasteiger partial charge on any atom is -0.480 e. The van der Waals surface area contributed by atoms with E-state index in [1.807, 2.05) is 0 Å². The zero-order valence-electron chi connectivity index (χ0n) is 11.2. The number of hydrogen-bond acceptors (Lipinski definition) is 2. The van der Waals surface area contributed by atoms with E-state index in [1.54, 1.807) is 24.8 Å². The van der Waals surface area contributed by atoms with Crippen molar-refractivity contribution in [2.75, 3.05) is 0 Å². The number of rotatable bonds is 3. The summed E-state index contributed by atoms with van der Waals surface area (Å²) in [5.74, 6) is -1.17. The first-order valence-corrected chi connectivity index (χ1v) is 6.36. The van der Waals surface area contributed by atoms with Gasteiger partial charge < -0.3 is 5.11 Å². The molecule has 0 amide bonds. The molecule has 110 valence electrons. The molecule has 0 bridgehead atoms. The zero-order valence-corrected chi connectivity index (χ0v) is 11.2. The normalized spacial score (nSPS) is 17.3. The Morgan fingerprint density at radius 3 is 2.45 bits per heavy atom. The van der Waals surface area contributed by atoms with E-state index < -0.39 is 23.8 Å². The third kappa shape index (κ3) is 2.65. The second-order valence-corrected chi connectivity index (χ2v) is 5.37. The van der Waals surface area contributed by atoms with Gasteiger partial charge in [0.15, 0.2) is 0 Å². The van der Waals surface area contributed by atoms with Crippen molar-refractivity contribution in [2.24, 2.45) is 5.92 Å². The number of carboxylic acids is 1. The molecular formula is C14H16F3NO2. The largest absolute Gasteiger partial charge is 0.480 e. The second-order valence-electron chi connectivity index (χ2n) is 5.37. The maximum absolute atomic E-state index is 13.0. The summed E-state index contributed by atoms with van der Waals surface area (Å²) in [5.41, 5.74) is 0.101.